The second-order valence-electron chi connectivity index (χ2n) is 13.9. The van der Waals surface area contributed by atoms with Crippen molar-refractivity contribution in [3.8, 4) is 16.9 Å². The summed E-state index contributed by atoms with van der Waals surface area (Å²) >= 11 is 0. The Morgan fingerprint density at radius 1 is 0.907 bits per heavy atom. The van der Waals surface area contributed by atoms with E-state index in [1.165, 1.54) is 55.8 Å². The van der Waals surface area contributed by atoms with Crippen LogP contribution in [0.25, 0.3) is 11.1 Å². The Bertz CT molecular complexity index is 1430. The van der Waals surface area contributed by atoms with Crippen LogP contribution in [0.5, 0.6) is 5.75 Å². The summed E-state index contributed by atoms with van der Waals surface area (Å²) < 4.78 is 0. The first-order valence-corrected chi connectivity index (χ1v) is 16.2. The molecule has 4 bridgehead atoms. The van der Waals surface area contributed by atoms with Gasteiger partial charge in [-0.25, -0.2) is 0 Å². The Morgan fingerprint density at radius 3 is 2.26 bits per heavy atom. The summed E-state index contributed by atoms with van der Waals surface area (Å²) in [4.78, 5) is 24.1. The van der Waals surface area contributed by atoms with Gasteiger partial charge in [-0.05, 0) is 103 Å². The number of aromatic nitrogens is 3. The zero-order valence-electron chi connectivity index (χ0n) is 25.6. The van der Waals surface area contributed by atoms with Gasteiger partial charge in [-0.1, -0.05) is 25.1 Å². The number of amides is 1. The third kappa shape index (κ3) is 5.86. The maximum absolute atomic E-state index is 13.3. The average molecular weight is 581 g/mol. The molecule has 3 heterocycles. The minimum Gasteiger partial charge on any atom is -0.506 e. The predicted molar refractivity (Wildman–Crippen MR) is 168 cm³/mol. The molecule has 43 heavy (non-hydrogen) atoms. The van der Waals surface area contributed by atoms with E-state index >= 15 is 0 Å². The van der Waals surface area contributed by atoms with Crippen LogP contribution < -0.4 is 4.90 Å². The first-order chi connectivity index (χ1) is 20.9. The molecule has 8 nitrogen and oxygen atoms in total. The fourth-order valence-corrected chi connectivity index (χ4v) is 9.11. The molecule has 1 aliphatic heterocycles. The highest BCUT2D eigenvalue weighted by molar-refractivity contribution is 5.92. The number of anilines is 1. The summed E-state index contributed by atoms with van der Waals surface area (Å²) in [7, 11) is 1.96. The van der Waals surface area contributed by atoms with E-state index < -0.39 is 0 Å². The van der Waals surface area contributed by atoms with Crippen LogP contribution in [0.3, 0.4) is 0 Å². The first-order valence-electron chi connectivity index (χ1n) is 16.2. The van der Waals surface area contributed by atoms with Gasteiger partial charge in [0, 0.05) is 58.1 Å². The molecule has 2 aromatic heterocycles. The fraction of sp³-hybridized carbons (Fsp3) is 0.543. The van der Waals surface area contributed by atoms with Crippen LogP contribution in [0.2, 0.25) is 0 Å². The van der Waals surface area contributed by atoms with Crippen LogP contribution >= 0.6 is 0 Å². The number of pyridine rings is 1. The number of hydrogen-bond acceptors (Lipinski definition) is 7. The molecule has 5 aliphatic rings. The molecule has 1 saturated heterocycles. The number of piperazine rings is 1. The fourth-order valence-electron chi connectivity index (χ4n) is 9.11. The maximum Gasteiger partial charge on any atom is 0.274 e. The standard InChI is InChI=1S/C35H44N6O2/c1-3-27-15-28(30-16-31(42)21-36-20-30)4-5-29(27)22-40-8-10-41(11-9-40)33-7-6-32(37-38-33)34(43)39(2)23-35-17-24-12-25(18-35)14-26(13-24)19-35/h4-7,15-16,20-21,24-26,42H,3,8-14,17-19,22-23H2,1-2H3. The van der Waals surface area contributed by atoms with E-state index in [4.69, 9.17) is 0 Å². The van der Waals surface area contributed by atoms with E-state index in [0.717, 1.165) is 80.4 Å². The van der Waals surface area contributed by atoms with E-state index in [-0.39, 0.29) is 11.7 Å². The van der Waals surface area contributed by atoms with Gasteiger partial charge >= 0.3 is 0 Å². The van der Waals surface area contributed by atoms with Crippen molar-refractivity contribution in [2.75, 3.05) is 44.7 Å². The van der Waals surface area contributed by atoms with Gasteiger partial charge in [0.05, 0.1) is 6.20 Å². The second-order valence-corrected chi connectivity index (χ2v) is 13.9. The van der Waals surface area contributed by atoms with Crippen molar-refractivity contribution in [3.05, 3.63) is 65.6 Å². The lowest BCUT2D eigenvalue weighted by atomic mass is 9.49. The van der Waals surface area contributed by atoms with Crippen molar-refractivity contribution in [2.45, 2.75) is 58.4 Å². The summed E-state index contributed by atoms with van der Waals surface area (Å²) in [5.74, 6) is 3.69. The van der Waals surface area contributed by atoms with Gasteiger partial charge < -0.3 is 14.9 Å². The third-order valence-electron chi connectivity index (χ3n) is 10.7. The average Bonchev–Trinajstić information content (AvgIpc) is 3.00. The quantitative estimate of drug-likeness (QED) is 0.381. The van der Waals surface area contributed by atoms with Crippen molar-refractivity contribution >= 4 is 11.7 Å². The molecule has 8 rings (SSSR count). The molecule has 0 atom stereocenters. The number of nitrogens with zero attached hydrogens (tertiary/aromatic N) is 6. The minimum atomic E-state index is -0.00214. The first kappa shape index (κ1) is 28.3. The Balaban J connectivity index is 0.933. The predicted octanol–water partition coefficient (Wildman–Crippen LogP) is 5.42. The van der Waals surface area contributed by atoms with Gasteiger partial charge in [0.15, 0.2) is 11.5 Å². The Labute approximate surface area is 255 Å². The van der Waals surface area contributed by atoms with E-state index in [9.17, 15) is 9.90 Å². The zero-order chi connectivity index (χ0) is 29.6. The normalized spacial score (nSPS) is 26.6. The molecule has 4 aliphatic carbocycles. The zero-order valence-corrected chi connectivity index (χ0v) is 25.6. The summed E-state index contributed by atoms with van der Waals surface area (Å²) in [6.45, 7) is 7.59. The van der Waals surface area contributed by atoms with Crippen LogP contribution in [-0.2, 0) is 13.0 Å². The van der Waals surface area contributed by atoms with Crippen LogP contribution in [0.4, 0.5) is 5.82 Å². The van der Waals surface area contributed by atoms with Crippen LogP contribution in [0.1, 0.15) is 67.1 Å². The van der Waals surface area contributed by atoms with Crippen molar-refractivity contribution in [1.82, 2.24) is 25.0 Å². The number of rotatable bonds is 8. The van der Waals surface area contributed by atoms with E-state index in [2.05, 4.69) is 50.1 Å². The number of hydrogen-bond donors (Lipinski definition) is 1. The minimum absolute atomic E-state index is 0.00214. The lowest BCUT2D eigenvalue weighted by Crippen LogP contribution is -2.51. The Kier molecular flexibility index (Phi) is 7.58. The van der Waals surface area contributed by atoms with E-state index in [0.29, 0.717) is 11.1 Å². The SMILES string of the molecule is CCc1cc(-c2cncc(O)c2)ccc1CN1CCN(c2ccc(C(=O)N(C)CC34CC5CC(CC(C5)C3)C4)nn2)CC1. The van der Waals surface area contributed by atoms with Gasteiger partial charge in [0.2, 0.25) is 0 Å². The largest absolute Gasteiger partial charge is 0.506 e. The maximum atomic E-state index is 13.3. The smallest absolute Gasteiger partial charge is 0.274 e. The summed E-state index contributed by atoms with van der Waals surface area (Å²) in [6, 6.07) is 12.2. The number of carbonyl (C=O) groups excluding carboxylic acids is 1. The molecular formula is C35H44N6O2. The molecular weight excluding hydrogens is 536 g/mol. The topological polar surface area (TPSA) is 85.7 Å². The molecule has 1 aromatic carbocycles. The third-order valence-corrected chi connectivity index (χ3v) is 10.7. The van der Waals surface area contributed by atoms with Gasteiger partial charge in [0.25, 0.3) is 5.91 Å². The highest BCUT2D eigenvalue weighted by Gasteiger charge is 2.51. The van der Waals surface area contributed by atoms with Crippen molar-refractivity contribution < 1.29 is 9.90 Å². The monoisotopic (exact) mass is 580 g/mol. The lowest BCUT2D eigenvalue weighted by molar-refractivity contribution is -0.0629. The molecule has 0 spiro atoms. The molecule has 3 aromatic rings. The molecule has 8 heteroatoms. The number of benzene rings is 1. The van der Waals surface area contributed by atoms with Crippen molar-refractivity contribution in [2.24, 2.45) is 23.2 Å². The van der Waals surface area contributed by atoms with Crippen LogP contribution in [0.15, 0.2) is 48.8 Å². The summed E-state index contributed by atoms with van der Waals surface area (Å²) in [6.07, 6.45) is 12.4. The number of aromatic hydroxyl groups is 1. The number of aryl methyl sites for hydroxylation is 1. The Morgan fingerprint density at radius 2 is 1.63 bits per heavy atom. The van der Waals surface area contributed by atoms with Gasteiger partial charge in [-0.3, -0.25) is 14.7 Å². The lowest BCUT2D eigenvalue weighted by Gasteiger charge is -2.57. The molecule has 5 fully saturated rings. The van der Waals surface area contributed by atoms with Crippen molar-refractivity contribution in [1.29, 1.82) is 0 Å². The molecule has 0 unspecified atom stereocenters. The summed E-state index contributed by atoms with van der Waals surface area (Å²) in [5.41, 5.74) is 5.45. The van der Waals surface area contributed by atoms with Crippen LogP contribution in [-0.4, -0.2) is 75.8 Å². The van der Waals surface area contributed by atoms with Gasteiger partial charge in [-0.15, -0.1) is 10.2 Å². The molecule has 4 saturated carbocycles. The second kappa shape index (κ2) is 11.5. The summed E-state index contributed by atoms with van der Waals surface area (Å²) in [5, 5.41) is 18.7. The van der Waals surface area contributed by atoms with Gasteiger partial charge in [-0.2, -0.15) is 0 Å². The van der Waals surface area contributed by atoms with Crippen LogP contribution in [0, 0.1) is 23.2 Å². The molecule has 1 N–H and O–H groups in total. The molecule has 226 valence electrons. The van der Waals surface area contributed by atoms with Gasteiger partial charge in [0.1, 0.15) is 5.75 Å². The van der Waals surface area contributed by atoms with E-state index in [1.807, 2.05) is 24.1 Å². The number of carbonyl (C=O) groups is 1. The highest BCUT2D eigenvalue weighted by Crippen LogP contribution is 2.60. The Hall–Kier alpha value is -3.52. The van der Waals surface area contributed by atoms with Crippen molar-refractivity contribution in [3.63, 3.8) is 0 Å². The van der Waals surface area contributed by atoms with E-state index in [1.54, 1.807) is 12.3 Å². The molecule has 0 radical (unpaired) electrons. The highest BCUT2D eigenvalue weighted by atomic mass is 16.3. The molecule has 1 amide bonds.